The van der Waals surface area contributed by atoms with Crippen LogP contribution in [0.4, 0.5) is 0 Å². The first kappa shape index (κ1) is 17.7. The first-order chi connectivity index (χ1) is 12.0. The van der Waals surface area contributed by atoms with E-state index in [4.69, 9.17) is 4.74 Å². The molecule has 1 aromatic rings. The highest BCUT2D eigenvalue weighted by Gasteiger charge is 2.47. The minimum Gasteiger partial charge on any atom is -0.496 e. The lowest BCUT2D eigenvalue weighted by atomic mass is 9.78. The number of ether oxygens (including phenoxy) is 1. The Labute approximate surface area is 149 Å². The summed E-state index contributed by atoms with van der Waals surface area (Å²) in [4.78, 5) is 28.8. The molecule has 0 aromatic heterocycles. The normalized spacial score (nSPS) is 23.9. The number of nitrogens with zero attached hydrogens (tertiary/aromatic N) is 2. The van der Waals surface area contributed by atoms with E-state index >= 15 is 0 Å². The van der Waals surface area contributed by atoms with Crippen LogP contribution in [-0.2, 0) is 16.1 Å². The van der Waals surface area contributed by atoms with Gasteiger partial charge in [-0.1, -0.05) is 18.2 Å². The van der Waals surface area contributed by atoms with Crippen molar-refractivity contribution in [1.82, 2.24) is 15.1 Å². The van der Waals surface area contributed by atoms with Crippen molar-refractivity contribution in [2.75, 3.05) is 40.3 Å². The number of methoxy groups -OCH3 is 1. The Hall–Kier alpha value is -2.08. The SMILES string of the molecule is COc1ccccc1CNC(=O)CN1CCC2(CCCN(C)C2=O)C1. The summed E-state index contributed by atoms with van der Waals surface area (Å²) in [5, 5.41) is 2.96. The second-order valence-corrected chi connectivity index (χ2v) is 7.16. The Bertz CT molecular complexity index is 649. The average Bonchev–Trinajstić information content (AvgIpc) is 3.01. The summed E-state index contributed by atoms with van der Waals surface area (Å²) in [5.74, 6) is 1.01. The van der Waals surface area contributed by atoms with Crippen LogP contribution in [0.25, 0.3) is 0 Å². The molecule has 0 radical (unpaired) electrons. The van der Waals surface area contributed by atoms with Crippen LogP contribution in [0.1, 0.15) is 24.8 Å². The van der Waals surface area contributed by atoms with Crippen LogP contribution in [0.15, 0.2) is 24.3 Å². The maximum absolute atomic E-state index is 12.5. The van der Waals surface area contributed by atoms with Gasteiger partial charge in [0.05, 0.1) is 19.1 Å². The van der Waals surface area contributed by atoms with Gasteiger partial charge in [-0.25, -0.2) is 0 Å². The number of nitrogens with one attached hydrogen (secondary N) is 1. The zero-order valence-electron chi connectivity index (χ0n) is 15.1. The van der Waals surface area contributed by atoms with Crippen LogP contribution in [0.5, 0.6) is 5.75 Å². The van der Waals surface area contributed by atoms with Gasteiger partial charge < -0.3 is 15.0 Å². The quantitative estimate of drug-likeness (QED) is 0.873. The molecule has 6 heteroatoms. The first-order valence-corrected chi connectivity index (χ1v) is 8.91. The van der Waals surface area contributed by atoms with Crippen molar-refractivity contribution < 1.29 is 14.3 Å². The van der Waals surface area contributed by atoms with Gasteiger partial charge >= 0.3 is 0 Å². The third-order valence-electron chi connectivity index (χ3n) is 5.42. The summed E-state index contributed by atoms with van der Waals surface area (Å²) < 4.78 is 5.30. The van der Waals surface area contributed by atoms with Crippen molar-refractivity contribution in [1.29, 1.82) is 0 Å². The van der Waals surface area contributed by atoms with Gasteiger partial charge in [-0.3, -0.25) is 14.5 Å². The first-order valence-electron chi connectivity index (χ1n) is 8.91. The van der Waals surface area contributed by atoms with E-state index in [1.54, 1.807) is 7.11 Å². The number of benzene rings is 1. The third kappa shape index (κ3) is 3.79. The molecular formula is C19H27N3O3. The average molecular weight is 345 g/mol. The predicted octanol–water partition coefficient (Wildman–Crippen LogP) is 1.26. The maximum Gasteiger partial charge on any atom is 0.234 e. The number of likely N-dealkylation sites (tertiary alicyclic amines) is 2. The molecule has 0 saturated carbocycles. The monoisotopic (exact) mass is 345 g/mol. The molecular weight excluding hydrogens is 318 g/mol. The Morgan fingerprint density at radius 2 is 2.08 bits per heavy atom. The molecule has 0 aliphatic carbocycles. The van der Waals surface area contributed by atoms with Crippen LogP contribution < -0.4 is 10.1 Å². The summed E-state index contributed by atoms with van der Waals surface area (Å²) in [6, 6.07) is 7.67. The number of hydrogen-bond acceptors (Lipinski definition) is 4. The molecule has 2 heterocycles. The van der Waals surface area contributed by atoms with Crippen molar-refractivity contribution in [3.05, 3.63) is 29.8 Å². The Balaban J connectivity index is 1.51. The second-order valence-electron chi connectivity index (χ2n) is 7.16. The number of amides is 2. The number of piperidine rings is 1. The lowest BCUT2D eigenvalue weighted by molar-refractivity contribution is -0.144. The van der Waals surface area contributed by atoms with Crippen molar-refractivity contribution in [2.45, 2.75) is 25.8 Å². The van der Waals surface area contributed by atoms with E-state index in [1.165, 1.54) is 0 Å². The van der Waals surface area contributed by atoms with E-state index in [0.29, 0.717) is 19.6 Å². The number of rotatable bonds is 5. The van der Waals surface area contributed by atoms with E-state index in [2.05, 4.69) is 10.2 Å². The lowest BCUT2D eigenvalue weighted by Crippen LogP contribution is -2.48. The van der Waals surface area contributed by atoms with Crippen LogP contribution in [-0.4, -0.2) is 62.0 Å². The Morgan fingerprint density at radius 3 is 2.88 bits per heavy atom. The fourth-order valence-corrected chi connectivity index (χ4v) is 4.04. The molecule has 1 spiro atoms. The van der Waals surface area contributed by atoms with Crippen LogP contribution >= 0.6 is 0 Å². The van der Waals surface area contributed by atoms with Crippen LogP contribution in [0.3, 0.4) is 0 Å². The van der Waals surface area contributed by atoms with Gasteiger partial charge in [0.1, 0.15) is 5.75 Å². The van der Waals surface area contributed by atoms with E-state index in [1.807, 2.05) is 36.2 Å². The van der Waals surface area contributed by atoms with Crippen molar-refractivity contribution in [2.24, 2.45) is 5.41 Å². The highest BCUT2D eigenvalue weighted by atomic mass is 16.5. The molecule has 1 N–H and O–H groups in total. The number of carbonyl (C=O) groups excluding carboxylic acids is 2. The molecule has 136 valence electrons. The fourth-order valence-electron chi connectivity index (χ4n) is 4.04. The number of hydrogen-bond donors (Lipinski definition) is 1. The summed E-state index contributed by atoms with van der Waals surface area (Å²) >= 11 is 0. The molecule has 1 aromatic carbocycles. The molecule has 2 amide bonds. The fraction of sp³-hybridized carbons (Fsp3) is 0.579. The maximum atomic E-state index is 12.5. The topological polar surface area (TPSA) is 61.9 Å². The Kier molecular flexibility index (Phi) is 5.27. The van der Waals surface area contributed by atoms with Crippen LogP contribution in [0.2, 0.25) is 0 Å². The summed E-state index contributed by atoms with van der Waals surface area (Å²) in [7, 11) is 3.51. The molecule has 1 unspecified atom stereocenters. The second kappa shape index (κ2) is 7.44. The lowest BCUT2D eigenvalue weighted by Gasteiger charge is -2.37. The van der Waals surface area contributed by atoms with Gasteiger partial charge in [0.2, 0.25) is 11.8 Å². The summed E-state index contributed by atoms with van der Waals surface area (Å²) in [5.41, 5.74) is 0.691. The Morgan fingerprint density at radius 1 is 1.28 bits per heavy atom. The van der Waals surface area contributed by atoms with Crippen molar-refractivity contribution >= 4 is 11.8 Å². The molecule has 6 nitrogen and oxygen atoms in total. The minimum absolute atomic E-state index is 0.0143. The molecule has 2 fully saturated rings. The van der Waals surface area contributed by atoms with Crippen molar-refractivity contribution in [3.8, 4) is 5.75 Å². The van der Waals surface area contributed by atoms with Gasteiger partial charge in [-0.05, 0) is 31.9 Å². The highest BCUT2D eigenvalue weighted by molar-refractivity contribution is 5.84. The summed E-state index contributed by atoms with van der Waals surface area (Å²) in [6.07, 6.45) is 2.85. The smallest absolute Gasteiger partial charge is 0.234 e. The molecule has 3 rings (SSSR count). The van der Waals surface area contributed by atoms with Gasteiger partial charge in [0, 0.05) is 32.2 Å². The van der Waals surface area contributed by atoms with E-state index in [0.717, 1.165) is 43.7 Å². The zero-order valence-corrected chi connectivity index (χ0v) is 15.1. The largest absolute Gasteiger partial charge is 0.496 e. The third-order valence-corrected chi connectivity index (χ3v) is 5.42. The molecule has 2 saturated heterocycles. The van der Waals surface area contributed by atoms with Gasteiger partial charge in [-0.15, -0.1) is 0 Å². The van der Waals surface area contributed by atoms with Gasteiger partial charge in [0.15, 0.2) is 0 Å². The zero-order chi connectivity index (χ0) is 17.9. The standard InChI is InChI=1S/C19H27N3O3/c1-21-10-5-8-19(18(21)24)9-11-22(14-19)13-17(23)20-12-15-6-3-4-7-16(15)25-2/h3-4,6-7H,5,8-14H2,1-2H3,(H,20,23). The van der Waals surface area contributed by atoms with Crippen LogP contribution in [0, 0.1) is 5.41 Å². The van der Waals surface area contributed by atoms with E-state index < -0.39 is 0 Å². The molecule has 25 heavy (non-hydrogen) atoms. The molecule has 2 aliphatic rings. The molecule has 1 atom stereocenters. The van der Waals surface area contributed by atoms with Crippen molar-refractivity contribution in [3.63, 3.8) is 0 Å². The molecule has 2 aliphatic heterocycles. The summed E-state index contributed by atoms with van der Waals surface area (Å²) in [6.45, 7) is 3.14. The predicted molar refractivity (Wildman–Crippen MR) is 95.2 cm³/mol. The minimum atomic E-state index is -0.268. The van der Waals surface area contributed by atoms with E-state index in [-0.39, 0.29) is 17.2 Å². The number of carbonyl (C=O) groups is 2. The highest BCUT2D eigenvalue weighted by Crippen LogP contribution is 2.39. The van der Waals surface area contributed by atoms with Gasteiger partial charge in [-0.2, -0.15) is 0 Å². The van der Waals surface area contributed by atoms with E-state index in [9.17, 15) is 9.59 Å². The number of para-hydroxylation sites is 1. The van der Waals surface area contributed by atoms with Gasteiger partial charge in [0.25, 0.3) is 0 Å². The molecule has 0 bridgehead atoms.